The number of hydrogen-bond donors (Lipinski definition) is 1. The molecule has 0 radical (unpaired) electrons. The molecule has 0 aliphatic carbocycles. The highest BCUT2D eigenvalue weighted by molar-refractivity contribution is 6.08. The smallest absolute Gasteiger partial charge is 0.358 e. The number of nitrogens with zero attached hydrogens (tertiary/aromatic N) is 3. The number of anilines is 1. The van der Waals surface area contributed by atoms with Crippen LogP contribution in [0.2, 0.25) is 0 Å². The van der Waals surface area contributed by atoms with Gasteiger partial charge in [0.1, 0.15) is 17.1 Å². The molecule has 178 valence electrons. The van der Waals surface area contributed by atoms with Gasteiger partial charge in [0, 0.05) is 17.4 Å². The molecule has 4 rings (SSSR count). The van der Waals surface area contributed by atoms with Crippen LogP contribution in [0.4, 0.5) is 5.69 Å². The van der Waals surface area contributed by atoms with Crippen LogP contribution in [0.25, 0.3) is 17.1 Å². The zero-order chi connectivity index (χ0) is 24.8. The van der Waals surface area contributed by atoms with Crippen molar-refractivity contribution in [3.63, 3.8) is 0 Å². The first kappa shape index (κ1) is 23.5. The molecule has 0 saturated carbocycles. The summed E-state index contributed by atoms with van der Waals surface area (Å²) in [5.74, 6) is 0.403. The van der Waals surface area contributed by atoms with Gasteiger partial charge in [0.2, 0.25) is 0 Å². The van der Waals surface area contributed by atoms with Gasteiger partial charge in [-0.05, 0) is 49.4 Å². The fraction of sp³-hybridized carbons (Fsp3) is 0.154. The lowest BCUT2D eigenvalue weighted by Crippen LogP contribution is -2.14. The van der Waals surface area contributed by atoms with Gasteiger partial charge >= 0.3 is 5.97 Å². The summed E-state index contributed by atoms with van der Waals surface area (Å²) in [5, 5.41) is 7.31. The number of carbonyl (C=O) groups is 2. The molecule has 0 fully saturated rings. The standard InChI is InChI=1S/C26H24N4O5/c1-4-35-26(32)19-16-20(30(29-19)23-13-5-6-14-27-23)17-9-7-10-18(15-17)28-25(31)24-21(33-2)11-8-12-22(24)34-3/h5-16H,4H2,1-3H3,(H,28,31). The first-order valence-corrected chi connectivity index (χ1v) is 10.9. The van der Waals surface area contributed by atoms with E-state index in [0.29, 0.717) is 34.3 Å². The van der Waals surface area contributed by atoms with Crippen molar-refractivity contribution < 1.29 is 23.8 Å². The number of pyridine rings is 1. The van der Waals surface area contributed by atoms with Crippen LogP contribution in [0.5, 0.6) is 11.5 Å². The highest BCUT2D eigenvalue weighted by atomic mass is 16.5. The largest absolute Gasteiger partial charge is 0.496 e. The summed E-state index contributed by atoms with van der Waals surface area (Å²) in [5.41, 5.74) is 2.29. The molecule has 2 heterocycles. The quantitative estimate of drug-likeness (QED) is 0.380. The van der Waals surface area contributed by atoms with Crippen molar-refractivity contribution >= 4 is 17.6 Å². The second-order valence-corrected chi connectivity index (χ2v) is 7.31. The summed E-state index contributed by atoms with van der Waals surface area (Å²) in [7, 11) is 2.98. The van der Waals surface area contributed by atoms with E-state index < -0.39 is 5.97 Å². The van der Waals surface area contributed by atoms with Gasteiger partial charge < -0.3 is 19.5 Å². The number of carbonyl (C=O) groups excluding carboxylic acids is 2. The highest BCUT2D eigenvalue weighted by Crippen LogP contribution is 2.30. The van der Waals surface area contributed by atoms with Crippen LogP contribution in [0.15, 0.2) is 72.9 Å². The zero-order valence-electron chi connectivity index (χ0n) is 19.5. The Morgan fingerprint density at radius 2 is 1.69 bits per heavy atom. The normalized spacial score (nSPS) is 10.5. The third-order valence-electron chi connectivity index (χ3n) is 5.13. The number of amides is 1. The van der Waals surface area contributed by atoms with Crippen LogP contribution in [-0.4, -0.2) is 47.5 Å². The molecule has 0 aliphatic heterocycles. The van der Waals surface area contributed by atoms with E-state index in [9.17, 15) is 9.59 Å². The topological polar surface area (TPSA) is 105 Å². The van der Waals surface area contributed by atoms with E-state index in [1.807, 2.05) is 12.1 Å². The summed E-state index contributed by atoms with van der Waals surface area (Å²) in [6.07, 6.45) is 1.64. The van der Waals surface area contributed by atoms with E-state index in [1.54, 1.807) is 72.4 Å². The maximum Gasteiger partial charge on any atom is 0.358 e. The van der Waals surface area contributed by atoms with Gasteiger partial charge in [-0.25, -0.2) is 14.5 Å². The van der Waals surface area contributed by atoms with E-state index in [2.05, 4.69) is 15.4 Å². The van der Waals surface area contributed by atoms with E-state index in [0.717, 1.165) is 0 Å². The second kappa shape index (κ2) is 10.5. The van der Waals surface area contributed by atoms with E-state index in [-0.39, 0.29) is 23.8 Å². The molecule has 0 saturated heterocycles. The molecule has 9 nitrogen and oxygen atoms in total. The van der Waals surface area contributed by atoms with Gasteiger partial charge in [0.25, 0.3) is 5.91 Å². The summed E-state index contributed by atoms with van der Waals surface area (Å²) in [4.78, 5) is 29.8. The molecule has 2 aromatic heterocycles. The minimum atomic E-state index is -0.531. The van der Waals surface area contributed by atoms with Crippen LogP contribution < -0.4 is 14.8 Å². The van der Waals surface area contributed by atoms with Gasteiger partial charge in [-0.15, -0.1) is 0 Å². The Balaban J connectivity index is 1.72. The first-order chi connectivity index (χ1) is 17.0. The second-order valence-electron chi connectivity index (χ2n) is 7.31. The lowest BCUT2D eigenvalue weighted by Gasteiger charge is -2.13. The van der Waals surface area contributed by atoms with Gasteiger partial charge in [0.15, 0.2) is 11.5 Å². The molecule has 0 atom stereocenters. The van der Waals surface area contributed by atoms with Gasteiger partial charge in [-0.2, -0.15) is 5.10 Å². The highest BCUT2D eigenvalue weighted by Gasteiger charge is 2.20. The Bertz CT molecular complexity index is 1330. The maximum atomic E-state index is 13.1. The van der Waals surface area contributed by atoms with Gasteiger partial charge in [0.05, 0.1) is 26.5 Å². The molecule has 9 heteroatoms. The van der Waals surface area contributed by atoms with Crippen molar-refractivity contribution in [2.24, 2.45) is 0 Å². The van der Waals surface area contributed by atoms with E-state index >= 15 is 0 Å². The zero-order valence-corrected chi connectivity index (χ0v) is 19.5. The molecular weight excluding hydrogens is 448 g/mol. The van der Waals surface area contributed by atoms with Crippen LogP contribution in [0.1, 0.15) is 27.8 Å². The van der Waals surface area contributed by atoms with Crippen molar-refractivity contribution in [2.45, 2.75) is 6.92 Å². The van der Waals surface area contributed by atoms with Crippen molar-refractivity contribution in [1.29, 1.82) is 0 Å². The third-order valence-corrected chi connectivity index (χ3v) is 5.13. The Hall–Kier alpha value is -4.66. The molecular formula is C26H24N4O5. The summed E-state index contributed by atoms with van der Waals surface area (Å²) >= 11 is 0. The SMILES string of the molecule is CCOC(=O)c1cc(-c2cccc(NC(=O)c3c(OC)cccc3OC)c2)n(-c2ccccn2)n1. The van der Waals surface area contributed by atoms with Crippen LogP contribution >= 0.6 is 0 Å². The Morgan fingerprint density at radius 1 is 0.943 bits per heavy atom. The average Bonchev–Trinajstić information content (AvgIpc) is 3.35. The number of benzene rings is 2. The number of rotatable bonds is 8. The van der Waals surface area contributed by atoms with Gasteiger partial charge in [-0.3, -0.25) is 4.79 Å². The van der Waals surface area contributed by atoms with E-state index in [1.165, 1.54) is 14.2 Å². The van der Waals surface area contributed by atoms with Crippen molar-refractivity contribution in [3.8, 4) is 28.6 Å². The number of methoxy groups -OCH3 is 2. The van der Waals surface area contributed by atoms with E-state index in [4.69, 9.17) is 14.2 Å². The minimum absolute atomic E-state index is 0.153. The summed E-state index contributed by atoms with van der Waals surface area (Å²) in [6.45, 7) is 1.97. The number of hydrogen-bond acceptors (Lipinski definition) is 7. The molecule has 35 heavy (non-hydrogen) atoms. The van der Waals surface area contributed by atoms with Crippen LogP contribution in [0, 0.1) is 0 Å². The maximum absolute atomic E-state index is 13.1. The number of aromatic nitrogens is 3. The fourth-order valence-corrected chi connectivity index (χ4v) is 3.57. The Morgan fingerprint density at radius 3 is 2.34 bits per heavy atom. The molecule has 0 bridgehead atoms. The van der Waals surface area contributed by atoms with Crippen molar-refractivity contribution in [2.75, 3.05) is 26.1 Å². The lowest BCUT2D eigenvalue weighted by atomic mass is 10.1. The molecule has 4 aromatic rings. The molecule has 1 amide bonds. The van der Waals surface area contributed by atoms with Crippen LogP contribution in [0.3, 0.4) is 0 Å². The van der Waals surface area contributed by atoms with Crippen molar-refractivity contribution in [1.82, 2.24) is 14.8 Å². The number of esters is 1. The molecule has 2 aromatic carbocycles. The summed E-state index contributed by atoms with van der Waals surface area (Å²) in [6, 6.07) is 19.4. The Kier molecular flexibility index (Phi) is 7.06. The Labute approximate surface area is 202 Å². The average molecular weight is 473 g/mol. The number of ether oxygens (including phenoxy) is 3. The molecule has 1 N–H and O–H groups in total. The lowest BCUT2D eigenvalue weighted by molar-refractivity contribution is 0.0518. The monoisotopic (exact) mass is 472 g/mol. The minimum Gasteiger partial charge on any atom is -0.496 e. The third kappa shape index (κ3) is 4.98. The first-order valence-electron chi connectivity index (χ1n) is 10.9. The number of nitrogens with one attached hydrogen (secondary N) is 1. The molecule has 0 aliphatic rings. The van der Waals surface area contributed by atoms with Crippen molar-refractivity contribution in [3.05, 3.63) is 84.2 Å². The summed E-state index contributed by atoms with van der Waals surface area (Å²) < 4.78 is 17.4. The predicted octanol–water partition coefficient (Wildman–Crippen LogP) is 4.38. The van der Waals surface area contributed by atoms with Gasteiger partial charge in [-0.1, -0.05) is 24.3 Å². The molecule has 0 spiro atoms. The van der Waals surface area contributed by atoms with Crippen LogP contribution in [-0.2, 0) is 4.74 Å². The fourth-order valence-electron chi connectivity index (χ4n) is 3.57. The predicted molar refractivity (Wildman–Crippen MR) is 130 cm³/mol. The molecule has 0 unspecified atom stereocenters.